The first-order chi connectivity index (χ1) is 14.9. The van der Waals surface area contributed by atoms with Crippen molar-refractivity contribution in [2.24, 2.45) is 5.92 Å². The number of nitrogens with zero attached hydrogens (tertiary/aromatic N) is 2. The lowest BCUT2D eigenvalue weighted by molar-refractivity contribution is -0.132. The Morgan fingerprint density at radius 1 is 0.781 bits per heavy atom. The van der Waals surface area contributed by atoms with Gasteiger partial charge >= 0.3 is 0 Å². The molecular formula is C22H20Cl4N2O2S2. The Labute approximate surface area is 218 Å². The second-order valence-corrected chi connectivity index (χ2v) is 9.69. The Morgan fingerprint density at radius 2 is 1.12 bits per heavy atom. The number of carbonyl (C=O) groups excluding carboxylic acids is 2. The second-order valence-electron chi connectivity index (χ2n) is 7.23. The number of likely N-dealkylation sites (N-methyl/N-ethyl adjacent to an activating group) is 2. The monoisotopic (exact) mass is 548 g/mol. The molecule has 170 valence electrons. The van der Waals surface area contributed by atoms with E-state index in [0.29, 0.717) is 41.2 Å². The van der Waals surface area contributed by atoms with Crippen molar-refractivity contribution >= 4 is 92.4 Å². The van der Waals surface area contributed by atoms with Crippen LogP contribution < -0.4 is 0 Å². The average Bonchev–Trinajstić information content (AvgIpc) is 2.75. The maximum Gasteiger partial charge on any atom is 0.162 e. The molecule has 0 aromatic heterocycles. The number of rotatable bonds is 8. The number of halogens is 4. The lowest BCUT2D eigenvalue weighted by atomic mass is 10.00. The van der Waals surface area contributed by atoms with E-state index in [1.54, 1.807) is 67.2 Å². The van der Waals surface area contributed by atoms with Crippen LogP contribution in [0.3, 0.4) is 0 Å². The van der Waals surface area contributed by atoms with Crippen molar-refractivity contribution in [3.63, 3.8) is 0 Å². The molecule has 2 aromatic carbocycles. The summed E-state index contributed by atoms with van der Waals surface area (Å²) in [6, 6.07) is 9.85. The highest BCUT2D eigenvalue weighted by atomic mass is 35.5. The van der Waals surface area contributed by atoms with Crippen molar-refractivity contribution < 1.29 is 9.59 Å². The second kappa shape index (κ2) is 11.7. The van der Waals surface area contributed by atoms with Crippen molar-refractivity contribution in [1.82, 2.24) is 9.80 Å². The molecule has 32 heavy (non-hydrogen) atoms. The molecule has 2 aromatic rings. The van der Waals surface area contributed by atoms with Gasteiger partial charge in [0.1, 0.15) is 9.98 Å². The van der Waals surface area contributed by atoms with Crippen LogP contribution in [-0.4, -0.2) is 58.5 Å². The van der Waals surface area contributed by atoms with E-state index in [1.807, 2.05) is 0 Å². The largest absolute Gasteiger partial charge is 0.358 e. The van der Waals surface area contributed by atoms with E-state index in [4.69, 9.17) is 70.8 Å². The molecule has 0 amide bonds. The summed E-state index contributed by atoms with van der Waals surface area (Å²) in [5.41, 5.74) is 1.10. The van der Waals surface area contributed by atoms with Gasteiger partial charge in [0.2, 0.25) is 0 Å². The van der Waals surface area contributed by atoms with Crippen LogP contribution in [0.15, 0.2) is 36.4 Å². The van der Waals surface area contributed by atoms with E-state index in [2.05, 4.69) is 0 Å². The maximum absolute atomic E-state index is 12.7. The molecule has 0 atom stereocenters. The van der Waals surface area contributed by atoms with E-state index in [0.717, 1.165) is 0 Å². The van der Waals surface area contributed by atoms with Crippen LogP contribution in [0, 0.1) is 5.92 Å². The van der Waals surface area contributed by atoms with Gasteiger partial charge in [-0.15, -0.1) is 0 Å². The molecule has 10 heteroatoms. The number of hydrogen-bond acceptors (Lipinski definition) is 4. The molecule has 0 heterocycles. The van der Waals surface area contributed by atoms with Gasteiger partial charge in [-0.25, -0.2) is 0 Å². The van der Waals surface area contributed by atoms with E-state index < -0.39 is 5.92 Å². The van der Waals surface area contributed by atoms with Crippen molar-refractivity contribution in [2.75, 3.05) is 27.2 Å². The standard InChI is InChI=1S/C22H20Cl4N2O2S2/c1-12(19(29)10-27(2)21(31)15-8-13(23)4-6-17(15)25)20(30)11-28(3)22(32)16-9-14(24)5-7-18(16)26/h4-9,12H,10-11H2,1-3H3. The first-order valence-corrected chi connectivity index (χ1v) is 11.7. The van der Waals surface area contributed by atoms with Gasteiger partial charge in [-0.05, 0) is 43.3 Å². The van der Waals surface area contributed by atoms with Gasteiger partial charge in [0, 0.05) is 35.3 Å². The fourth-order valence-corrected chi connectivity index (χ4v) is 4.14. The number of ketones is 2. The number of carbonyl (C=O) groups is 2. The SMILES string of the molecule is CC(C(=O)CN(C)C(=S)c1cc(Cl)ccc1Cl)C(=O)CN(C)C(=S)c1cc(Cl)ccc1Cl. The molecule has 0 saturated carbocycles. The predicted octanol–water partition coefficient (Wildman–Crippen LogP) is 5.99. The molecule has 0 bridgehead atoms. The van der Waals surface area contributed by atoms with Gasteiger partial charge in [-0.1, -0.05) is 70.8 Å². The fourth-order valence-electron chi connectivity index (χ4n) is 2.80. The van der Waals surface area contributed by atoms with Crippen LogP contribution in [0.1, 0.15) is 18.1 Å². The Bertz CT molecular complexity index is 994. The van der Waals surface area contributed by atoms with E-state index in [1.165, 1.54) is 0 Å². The molecule has 0 aliphatic carbocycles. The van der Waals surface area contributed by atoms with Gasteiger partial charge < -0.3 is 9.80 Å². The summed E-state index contributed by atoms with van der Waals surface area (Å²) in [4.78, 5) is 29.3. The molecule has 0 saturated heterocycles. The van der Waals surface area contributed by atoms with Gasteiger partial charge in [-0.2, -0.15) is 0 Å². The normalized spacial score (nSPS) is 10.8. The lowest BCUT2D eigenvalue weighted by Gasteiger charge is -2.24. The fraction of sp³-hybridized carbons (Fsp3) is 0.273. The third-order valence-electron chi connectivity index (χ3n) is 4.76. The predicted molar refractivity (Wildman–Crippen MR) is 141 cm³/mol. The summed E-state index contributed by atoms with van der Waals surface area (Å²) in [6.07, 6.45) is 0. The number of benzene rings is 2. The lowest BCUT2D eigenvalue weighted by Crippen LogP contribution is -2.40. The van der Waals surface area contributed by atoms with Gasteiger partial charge in [-0.3, -0.25) is 9.59 Å². The van der Waals surface area contributed by atoms with E-state index in [9.17, 15) is 9.59 Å². The molecule has 0 spiro atoms. The summed E-state index contributed by atoms with van der Waals surface area (Å²) in [5, 5.41) is 1.82. The molecule has 0 fully saturated rings. The molecule has 0 unspecified atom stereocenters. The van der Waals surface area contributed by atoms with Crippen LogP contribution in [-0.2, 0) is 9.59 Å². The summed E-state index contributed by atoms with van der Waals surface area (Å²) in [6.45, 7) is 1.46. The highest BCUT2D eigenvalue weighted by Crippen LogP contribution is 2.24. The van der Waals surface area contributed by atoms with E-state index in [-0.39, 0.29) is 24.7 Å². The van der Waals surface area contributed by atoms with Crippen molar-refractivity contribution in [1.29, 1.82) is 0 Å². The maximum atomic E-state index is 12.7. The van der Waals surface area contributed by atoms with Crippen LogP contribution in [0.5, 0.6) is 0 Å². The topological polar surface area (TPSA) is 40.6 Å². The Balaban J connectivity index is 2.01. The van der Waals surface area contributed by atoms with Crippen LogP contribution >= 0.6 is 70.8 Å². The first kappa shape index (κ1) is 27.0. The van der Waals surface area contributed by atoms with E-state index >= 15 is 0 Å². The highest BCUT2D eigenvalue weighted by Gasteiger charge is 2.26. The van der Waals surface area contributed by atoms with Gasteiger partial charge in [0.25, 0.3) is 0 Å². The minimum atomic E-state index is -0.852. The number of Topliss-reactive ketones (excluding diaryl/α,β-unsaturated/α-hetero) is 2. The Morgan fingerprint density at radius 3 is 1.47 bits per heavy atom. The summed E-state index contributed by atoms with van der Waals surface area (Å²) in [7, 11) is 3.33. The molecule has 0 N–H and O–H groups in total. The molecule has 0 aliphatic rings. The summed E-state index contributed by atoms with van der Waals surface area (Å²) < 4.78 is 0. The Hall–Kier alpha value is -1.28. The molecule has 4 nitrogen and oxygen atoms in total. The molecular weight excluding hydrogens is 530 g/mol. The smallest absolute Gasteiger partial charge is 0.162 e. The third kappa shape index (κ3) is 6.86. The third-order valence-corrected chi connectivity index (χ3v) is 6.96. The zero-order valence-electron chi connectivity index (χ0n) is 17.5. The zero-order valence-corrected chi connectivity index (χ0v) is 22.2. The molecule has 2 rings (SSSR count). The van der Waals surface area contributed by atoms with Gasteiger partial charge in [0.15, 0.2) is 11.6 Å². The first-order valence-electron chi connectivity index (χ1n) is 9.38. The van der Waals surface area contributed by atoms with Crippen LogP contribution in [0.2, 0.25) is 20.1 Å². The zero-order chi connectivity index (χ0) is 24.2. The summed E-state index contributed by atoms with van der Waals surface area (Å²) in [5.74, 6) is -1.41. The highest BCUT2D eigenvalue weighted by molar-refractivity contribution is 7.81. The molecule has 0 aliphatic heterocycles. The summed E-state index contributed by atoms with van der Waals surface area (Å²) >= 11 is 35.3. The minimum Gasteiger partial charge on any atom is -0.358 e. The molecule has 0 radical (unpaired) electrons. The van der Waals surface area contributed by atoms with Crippen molar-refractivity contribution in [3.8, 4) is 0 Å². The average molecular weight is 550 g/mol. The van der Waals surface area contributed by atoms with Crippen molar-refractivity contribution in [2.45, 2.75) is 6.92 Å². The number of hydrogen-bond donors (Lipinski definition) is 0. The van der Waals surface area contributed by atoms with Crippen molar-refractivity contribution in [3.05, 3.63) is 67.6 Å². The Kier molecular flexibility index (Phi) is 9.88. The van der Waals surface area contributed by atoms with Gasteiger partial charge in [0.05, 0.1) is 29.1 Å². The quantitative estimate of drug-likeness (QED) is 0.297. The number of thiocarbonyl (C=S) groups is 2. The van der Waals surface area contributed by atoms with Crippen LogP contribution in [0.25, 0.3) is 0 Å². The minimum absolute atomic E-state index is 0.0527. The van der Waals surface area contributed by atoms with Crippen LogP contribution in [0.4, 0.5) is 0 Å².